The first kappa shape index (κ1) is 50.5. The van der Waals surface area contributed by atoms with E-state index in [1.165, 1.54) is 131 Å². The van der Waals surface area contributed by atoms with Crippen LogP contribution in [0.2, 0.25) is 0 Å². The lowest BCUT2D eigenvalue weighted by atomic mass is 9.98. The molecular formula is C54H86N12O4. The number of rotatable bonds is 4. The minimum atomic E-state index is -0.444. The smallest absolute Gasteiger partial charge is 0.410 e. The number of ether oxygens (including phenoxy) is 2. The summed E-state index contributed by atoms with van der Waals surface area (Å²) in [6.45, 7) is 18.4. The second-order valence-electron chi connectivity index (χ2n) is 23.5. The third-order valence-corrected chi connectivity index (χ3v) is 16.1. The molecule has 8 heterocycles. The van der Waals surface area contributed by atoms with Crippen LogP contribution in [-0.2, 0) is 48.4 Å². The highest BCUT2D eigenvalue weighted by Gasteiger charge is 2.41. The normalized spacial score (nSPS) is 23.9. The van der Waals surface area contributed by atoms with Gasteiger partial charge in [-0.05, 0) is 99.3 Å². The van der Waals surface area contributed by atoms with Gasteiger partial charge in [-0.3, -0.25) is 4.99 Å². The van der Waals surface area contributed by atoms with Crippen LogP contribution < -0.4 is 10.6 Å². The fourth-order valence-electron chi connectivity index (χ4n) is 12.5. The van der Waals surface area contributed by atoms with Crippen LogP contribution in [0, 0.1) is 0 Å². The van der Waals surface area contributed by atoms with Gasteiger partial charge in [-0.1, -0.05) is 51.4 Å². The largest absolute Gasteiger partial charge is 0.444 e. The summed E-state index contributed by atoms with van der Waals surface area (Å²) in [5, 5.41) is 6.80. The molecule has 0 bridgehead atoms. The summed E-state index contributed by atoms with van der Waals surface area (Å²) in [6.07, 6.45) is 33.2. The van der Waals surface area contributed by atoms with E-state index in [4.69, 9.17) is 9.47 Å². The predicted molar refractivity (Wildman–Crippen MR) is 273 cm³/mol. The Bertz CT molecular complexity index is 2140. The van der Waals surface area contributed by atoms with Crippen molar-refractivity contribution in [2.45, 2.75) is 237 Å². The number of nitrogens with one attached hydrogen (secondary N) is 2. The molecule has 2 unspecified atom stereocenters. The summed E-state index contributed by atoms with van der Waals surface area (Å²) < 4.78 is 18.2. The predicted octanol–water partition coefficient (Wildman–Crippen LogP) is 9.23. The average molecular weight is 967 g/mol. The number of nitrogens with zero attached hydrogens (tertiary/aromatic N) is 10. The number of aromatic nitrogens is 6. The molecule has 5 fully saturated rings. The lowest BCUT2D eigenvalue weighted by Crippen LogP contribution is -2.55. The number of amides is 2. The van der Waals surface area contributed by atoms with Crippen molar-refractivity contribution < 1.29 is 19.1 Å². The van der Waals surface area contributed by atoms with Crippen molar-refractivity contribution in [3.05, 3.63) is 53.1 Å². The Labute approximate surface area is 418 Å². The molecule has 3 aromatic rings. The van der Waals surface area contributed by atoms with Crippen LogP contribution in [0.25, 0.3) is 0 Å². The Morgan fingerprint density at radius 3 is 1.61 bits per heavy atom. The van der Waals surface area contributed by atoms with Crippen LogP contribution in [-0.4, -0.2) is 124 Å². The van der Waals surface area contributed by atoms with E-state index in [-0.39, 0.29) is 12.2 Å². The zero-order valence-electron chi connectivity index (χ0n) is 43.7. The maximum absolute atomic E-state index is 12.3. The standard InChI is InChI=1S/C16H25N3O2.C16H27N3O2.2C11H17N3/c1-16(2,3)21-15(20)18-9-8-14-13(10-18)17-11-19(14)12-6-4-5-7-12;1-16(2,3)21-15(20)18-9-8-13-14(10-18)19(11-17-13)12-6-4-5-7-12;1-2-4-9(3-1)14-8-13-10-7-12-6-5-11(10)14;1-2-4-9(3-1)14-8-13-10-5-6-12-7-11(10)14/h11-12H,4-10H2,1-3H3;11-14H,4-10H2,1-3H3;2*8-9,12H,1-7H2. The molecule has 9 aliphatic rings. The Hall–Kier alpha value is -4.44. The maximum atomic E-state index is 12.3. The first-order valence-corrected chi connectivity index (χ1v) is 27.6. The van der Waals surface area contributed by atoms with Crippen molar-refractivity contribution in [3.63, 3.8) is 0 Å². The van der Waals surface area contributed by atoms with Crippen molar-refractivity contribution in [2.24, 2.45) is 4.99 Å². The quantitative estimate of drug-likeness (QED) is 0.259. The van der Waals surface area contributed by atoms with Crippen LogP contribution in [0.1, 0.15) is 203 Å². The highest BCUT2D eigenvalue weighted by molar-refractivity contribution is 5.69. The number of carbonyl (C=O) groups is 2. The molecule has 16 heteroatoms. The highest BCUT2D eigenvalue weighted by Crippen LogP contribution is 2.36. The molecule has 0 aromatic carbocycles. The van der Waals surface area contributed by atoms with Gasteiger partial charge in [-0.2, -0.15) is 0 Å². The monoisotopic (exact) mass is 967 g/mol. The van der Waals surface area contributed by atoms with Crippen LogP contribution >= 0.6 is 0 Å². The summed E-state index contributed by atoms with van der Waals surface area (Å²) in [5.41, 5.74) is 7.05. The second kappa shape index (κ2) is 22.5. The number of hydrogen-bond acceptors (Lipinski definition) is 11. The molecule has 5 aliphatic heterocycles. The van der Waals surface area contributed by atoms with Crippen molar-refractivity contribution in [1.82, 2.24) is 54.0 Å². The fraction of sp³-hybridized carbons (Fsp3) is 0.778. The lowest BCUT2D eigenvalue weighted by Gasteiger charge is -2.40. The van der Waals surface area contributed by atoms with Gasteiger partial charge >= 0.3 is 12.2 Å². The molecule has 0 radical (unpaired) electrons. The molecule has 3 aromatic heterocycles. The number of piperidine rings is 1. The first-order valence-electron chi connectivity index (χ1n) is 27.6. The molecule has 2 atom stereocenters. The number of hydrogen-bond donors (Lipinski definition) is 2. The van der Waals surface area contributed by atoms with E-state index in [0.29, 0.717) is 30.7 Å². The van der Waals surface area contributed by atoms with Gasteiger partial charge in [0.05, 0.1) is 66.7 Å². The molecule has 4 aliphatic carbocycles. The molecule has 12 rings (SSSR count). The molecule has 70 heavy (non-hydrogen) atoms. The van der Waals surface area contributed by atoms with Gasteiger partial charge in [0.25, 0.3) is 0 Å². The Morgan fingerprint density at radius 2 is 1.03 bits per heavy atom. The number of carbonyl (C=O) groups excluding carboxylic acids is 2. The summed E-state index contributed by atoms with van der Waals surface area (Å²) in [4.78, 5) is 48.7. The van der Waals surface area contributed by atoms with Gasteiger partial charge < -0.3 is 48.5 Å². The molecule has 1 saturated heterocycles. The van der Waals surface area contributed by atoms with Crippen LogP contribution in [0.15, 0.2) is 24.0 Å². The van der Waals surface area contributed by atoms with Crippen molar-refractivity contribution in [2.75, 3.05) is 32.7 Å². The van der Waals surface area contributed by atoms with E-state index in [1.54, 1.807) is 4.90 Å². The van der Waals surface area contributed by atoms with E-state index in [0.717, 1.165) is 89.3 Å². The van der Waals surface area contributed by atoms with Crippen LogP contribution in [0.4, 0.5) is 9.59 Å². The molecule has 386 valence electrons. The van der Waals surface area contributed by atoms with Crippen molar-refractivity contribution >= 4 is 18.5 Å². The van der Waals surface area contributed by atoms with E-state index in [2.05, 4.69) is 61.8 Å². The second-order valence-corrected chi connectivity index (χ2v) is 23.5. The van der Waals surface area contributed by atoms with Crippen LogP contribution in [0.3, 0.4) is 0 Å². The summed E-state index contributed by atoms with van der Waals surface area (Å²) in [7, 11) is 0. The Balaban J connectivity index is 0.000000118. The zero-order chi connectivity index (χ0) is 48.8. The minimum absolute atomic E-state index is 0.181. The molecule has 2 N–H and O–H groups in total. The van der Waals surface area contributed by atoms with E-state index < -0.39 is 11.2 Å². The van der Waals surface area contributed by atoms with E-state index in [9.17, 15) is 9.59 Å². The van der Waals surface area contributed by atoms with Gasteiger partial charge in [-0.15, -0.1) is 0 Å². The molecule has 16 nitrogen and oxygen atoms in total. The highest BCUT2D eigenvalue weighted by atomic mass is 16.6. The van der Waals surface area contributed by atoms with E-state index in [1.807, 2.05) is 59.1 Å². The molecule has 2 amide bonds. The SMILES string of the molecule is CC(C)(C)OC(=O)N1CCC2N=CN(C3CCCC3)C2C1.CC(C)(C)OC(=O)N1CCc2c(ncn2C2CCCC2)C1.c1nc2c(n1C1CCCC1)CCNC2.c1nc2c(n1C1CCCC1)CNCC2. The summed E-state index contributed by atoms with van der Waals surface area (Å²) >= 11 is 0. The van der Waals surface area contributed by atoms with Crippen molar-refractivity contribution in [3.8, 4) is 0 Å². The minimum Gasteiger partial charge on any atom is -0.444 e. The average Bonchev–Trinajstić information content (AvgIpc) is 4.19. The third kappa shape index (κ3) is 12.4. The van der Waals surface area contributed by atoms with Gasteiger partial charge in [0.1, 0.15) is 11.2 Å². The van der Waals surface area contributed by atoms with Crippen LogP contribution in [0.5, 0.6) is 0 Å². The van der Waals surface area contributed by atoms with Gasteiger partial charge in [0, 0.05) is 101 Å². The van der Waals surface area contributed by atoms with Gasteiger partial charge in [-0.25, -0.2) is 24.5 Å². The molecule has 0 spiro atoms. The third-order valence-electron chi connectivity index (χ3n) is 16.1. The first-order chi connectivity index (χ1) is 33.8. The number of likely N-dealkylation sites (tertiary alicyclic amines) is 1. The number of aliphatic imine (C=N–C) groups is 1. The maximum Gasteiger partial charge on any atom is 0.410 e. The summed E-state index contributed by atoms with van der Waals surface area (Å²) in [6, 6.07) is 3.46. The zero-order valence-corrected chi connectivity index (χ0v) is 43.7. The lowest BCUT2D eigenvalue weighted by molar-refractivity contribution is 0.0130. The number of fused-ring (bicyclic) bond motifs is 4. The van der Waals surface area contributed by atoms with Crippen molar-refractivity contribution in [1.29, 1.82) is 0 Å². The van der Waals surface area contributed by atoms with Gasteiger partial charge in [0.15, 0.2) is 0 Å². The van der Waals surface area contributed by atoms with E-state index >= 15 is 0 Å². The Kier molecular flexibility index (Phi) is 16.3. The Morgan fingerprint density at radius 1 is 0.543 bits per heavy atom. The number of imidazole rings is 3. The fourth-order valence-corrected chi connectivity index (χ4v) is 12.5. The summed E-state index contributed by atoms with van der Waals surface area (Å²) in [5.74, 6) is 0. The molecule has 4 saturated carbocycles. The molecular weight excluding hydrogens is 881 g/mol. The topological polar surface area (TPSA) is 152 Å². The van der Waals surface area contributed by atoms with Gasteiger partial charge in [0.2, 0.25) is 0 Å².